The summed E-state index contributed by atoms with van der Waals surface area (Å²) in [6.45, 7) is 1.98. The van der Waals surface area contributed by atoms with Crippen LogP contribution in [0.25, 0.3) is 6.08 Å². The van der Waals surface area contributed by atoms with Gasteiger partial charge in [0.2, 0.25) is 0 Å². The largest absolute Gasteiger partial charge is 0.300 e. The third-order valence-corrected chi connectivity index (χ3v) is 4.86. The van der Waals surface area contributed by atoms with Gasteiger partial charge in [-0.25, -0.2) is 4.99 Å². The van der Waals surface area contributed by atoms with Gasteiger partial charge < -0.3 is 5.32 Å². The molecule has 2 aromatic rings. The molecule has 24 heavy (non-hydrogen) atoms. The van der Waals surface area contributed by atoms with E-state index in [1.54, 1.807) is 0 Å². The molecule has 3 nitrogen and oxygen atoms in total. The van der Waals surface area contributed by atoms with Gasteiger partial charge in [0.05, 0.1) is 10.6 Å². The summed E-state index contributed by atoms with van der Waals surface area (Å²) < 4.78 is 0.893. The molecule has 1 amide bonds. The van der Waals surface area contributed by atoms with E-state index in [1.165, 1.54) is 11.8 Å². The molecule has 1 heterocycles. The first kappa shape index (κ1) is 16.7. The van der Waals surface area contributed by atoms with Gasteiger partial charge in [-0.3, -0.25) is 4.79 Å². The van der Waals surface area contributed by atoms with Crippen LogP contribution in [0, 0.1) is 0 Å². The van der Waals surface area contributed by atoms with Gasteiger partial charge in [-0.15, -0.1) is 0 Å². The van der Waals surface area contributed by atoms with Crippen LogP contribution < -0.4 is 5.32 Å². The number of para-hydroxylation sites is 1. The number of allylic oxidation sites excluding steroid dienone is 2. The molecule has 0 bridgehead atoms. The predicted molar refractivity (Wildman–Crippen MR) is 105 cm³/mol. The Morgan fingerprint density at radius 1 is 1.12 bits per heavy atom. The molecule has 0 saturated carbocycles. The van der Waals surface area contributed by atoms with E-state index in [-0.39, 0.29) is 5.91 Å². The van der Waals surface area contributed by atoms with Crippen LogP contribution in [0.5, 0.6) is 0 Å². The number of carbonyl (C=O) groups is 1. The van der Waals surface area contributed by atoms with Crippen molar-refractivity contribution < 1.29 is 4.79 Å². The number of thioether (sulfide) groups is 1. The van der Waals surface area contributed by atoms with Crippen LogP contribution in [-0.2, 0) is 4.79 Å². The molecular formula is C19H15BrN2OS. The van der Waals surface area contributed by atoms with Gasteiger partial charge in [-0.2, -0.15) is 0 Å². The fraction of sp³-hybridized carbons (Fsp3) is 0.0526. The molecule has 0 aromatic heterocycles. The summed E-state index contributed by atoms with van der Waals surface area (Å²) in [5.74, 6) is -0.119. The minimum atomic E-state index is -0.119. The van der Waals surface area contributed by atoms with E-state index in [1.807, 2.05) is 73.7 Å². The minimum absolute atomic E-state index is 0.119. The Balaban J connectivity index is 1.80. The van der Waals surface area contributed by atoms with Crippen LogP contribution in [0.2, 0.25) is 0 Å². The number of hydrogen-bond acceptors (Lipinski definition) is 3. The lowest BCUT2D eigenvalue weighted by Crippen LogP contribution is -2.19. The van der Waals surface area contributed by atoms with Gasteiger partial charge >= 0.3 is 0 Å². The predicted octanol–water partition coefficient (Wildman–Crippen LogP) is 5.29. The number of carbonyl (C=O) groups excluding carboxylic acids is 1. The highest BCUT2D eigenvalue weighted by Gasteiger charge is 2.23. The van der Waals surface area contributed by atoms with Crippen molar-refractivity contribution in [2.24, 2.45) is 4.99 Å². The van der Waals surface area contributed by atoms with Crippen LogP contribution in [0.3, 0.4) is 0 Å². The van der Waals surface area contributed by atoms with Crippen molar-refractivity contribution in [1.29, 1.82) is 0 Å². The molecule has 1 N–H and O–H groups in total. The van der Waals surface area contributed by atoms with Crippen molar-refractivity contribution in [2.45, 2.75) is 6.92 Å². The molecule has 0 spiro atoms. The summed E-state index contributed by atoms with van der Waals surface area (Å²) >= 11 is 4.81. The second-order valence-electron chi connectivity index (χ2n) is 5.23. The maximum absolute atomic E-state index is 12.1. The number of nitrogens with zero attached hydrogens (tertiary/aromatic N) is 1. The van der Waals surface area contributed by atoms with E-state index in [4.69, 9.17) is 0 Å². The topological polar surface area (TPSA) is 41.5 Å². The number of halogens is 1. The Morgan fingerprint density at radius 2 is 1.83 bits per heavy atom. The summed E-state index contributed by atoms with van der Waals surface area (Å²) in [4.78, 5) is 17.3. The minimum Gasteiger partial charge on any atom is -0.300 e. The maximum Gasteiger partial charge on any atom is 0.264 e. The lowest BCUT2D eigenvalue weighted by atomic mass is 10.1. The average Bonchev–Trinajstić information content (AvgIpc) is 2.90. The Hall–Kier alpha value is -2.11. The Kier molecular flexibility index (Phi) is 5.33. The van der Waals surface area contributed by atoms with Crippen LogP contribution in [0.15, 0.2) is 80.6 Å². The third kappa shape index (κ3) is 4.24. The van der Waals surface area contributed by atoms with Crippen molar-refractivity contribution >= 4 is 50.5 Å². The molecule has 0 aliphatic carbocycles. The molecule has 1 aliphatic rings. The zero-order valence-electron chi connectivity index (χ0n) is 13.0. The molecular weight excluding hydrogens is 384 g/mol. The normalized spacial score (nSPS) is 18.2. The van der Waals surface area contributed by atoms with Crippen molar-refractivity contribution in [1.82, 2.24) is 5.32 Å². The average molecular weight is 399 g/mol. The van der Waals surface area contributed by atoms with E-state index in [9.17, 15) is 4.79 Å². The SMILES string of the molecule is CC(=Cc1ccccc1)C=C1SC(=Nc2ccccc2Br)NC1=O. The van der Waals surface area contributed by atoms with Gasteiger partial charge in [0.15, 0.2) is 5.17 Å². The van der Waals surface area contributed by atoms with Gasteiger partial charge in [-0.05, 0) is 64.0 Å². The van der Waals surface area contributed by atoms with E-state index < -0.39 is 0 Å². The number of nitrogens with one attached hydrogen (secondary N) is 1. The van der Waals surface area contributed by atoms with Crippen LogP contribution in [-0.4, -0.2) is 11.1 Å². The molecule has 120 valence electrons. The maximum atomic E-state index is 12.1. The van der Waals surface area contributed by atoms with Crippen LogP contribution in [0.4, 0.5) is 5.69 Å². The first-order chi connectivity index (χ1) is 11.6. The first-order valence-corrected chi connectivity index (χ1v) is 9.00. The molecule has 0 radical (unpaired) electrons. The Labute approximate surface area is 153 Å². The van der Waals surface area contributed by atoms with Crippen LogP contribution >= 0.6 is 27.7 Å². The Bertz CT molecular complexity index is 857. The summed E-state index contributed by atoms with van der Waals surface area (Å²) in [5, 5.41) is 3.40. The fourth-order valence-corrected chi connectivity index (χ4v) is 3.45. The smallest absolute Gasteiger partial charge is 0.264 e. The molecule has 0 unspecified atom stereocenters. The fourth-order valence-electron chi connectivity index (χ4n) is 2.19. The number of benzene rings is 2. The number of rotatable bonds is 3. The standard InChI is InChI=1S/C19H15BrN2OS/c1-13(11-14-7-3-2-4-8-14)12-17-18(23)22-19(24-17)21-16-10-6-5-9-15(16)20/h2-12H,1H3,(H,21,22,23). The van der Waals surface area contributed by atoms with Gasteiger partial charge in [0.25, 0.3) is 5.91 Å². The second-order valence-corrected chi connectivity index (χ2v) is 7.12. The zero-order valence-corrected chi connectivity index (χ0v) is 15.4. The monoisotopic (exact) mass is 398 g/mol. The molecule has 0 atom stereocenters. The molecule has 1 saturated heterocycles. The lowest BCUT2D eigenvalue weighted by molar-refractivity contribution is -0.115. The quantitative estimate of drug-likeness (QED) is 0.713. The third-order valence-electron chi connectivity index (χ3n) is 3.28. The van der Waals surface area contributed by atoms with E-state index in [2.05, 4.69) is 26.2 Å². The molecule has 1 aliphatic heterocycles. The van der Waals surface area contributed by atoms with Crippen molar-refractivity contribution in [3.63, 3.8) is 0 Å². The summed E-state index contributed by atoms with van der Waals surface area (Å²) in [7, 11) is 0. The lowest BCUT2D eigenvalue weighted by Gasteiger charge is -1.98. The van der Waals surface area contributed by atoms with Crippen molar-refractivity contribution in [3.8, 4) is 0 Å². The summed E-state index contributed by atoms with van der Waals surface area (Å²) in [6.07, 6.45) is 3.93. The molecule has 2 aromatic carbocycles. The Morgan fingerprint density at radius 3 is 2.58 bits per heavy atom. The van der Waals surface area contributed by atoms with E-state index >= 15 is 0 Å². The second kappa shape index (κ2) is 7.64. The van der Waals surface area contributed by atoms with E-state index in [0.717, 1.165) is 21.3 Å². The number of amidine groups is 1. The van der Waals surface area contributed by atoms with E-state index in [0.29, 0.717) is 10.1 Å². The molecule has 5 heteroatoms. The number of hydrogen-bond donors (Lipinski definition) is 1. The number of aliphatic imine (C=N–C) groups is 1. The summed E-state index contributed by atoms with van der Waals surface area (Å²) in [5.41, 5.74) is 2.91. The summed E-state index contributed by atoms with van der Waals surface area (Å²) in [6, 6.07) is 17.7. The highest BCUT2D eigenvalue weighted by atomic mass is 79.9. The van der Waals surface area contributed by atoms with Gasteiger partial charge in [0, 0.05) is 4.47 Å². The van der Waals surface area contributed by atoms with Crippen molar-refractivity contribution in [2.75, 3.05) is 0 Å². The van der Waals surface area contributed by atoms with Crippen molar-refractivity contribution in [3.05, 3.63) is 81.2 Å². The highest BCUT2D eigenvalue weighted by molar-refractivity contribution is 9.10. The number of amides is 1. The van der Waals surface area contributed by atoms with Crippen LogP contribution in [0.1, 0.15) is 12.5 Å². The zero-order chi connectivity index (χ0) is 16.9. The highest BCUT2D eigenvalue weighted by Crippen LogP contribution is 2.30. The first-order valence-electron chi connectivity index (χ1n) is 7.39. The molecule has 1 fully saturated rings. The molecule has 3 rings (SSSR count). The van der Waals surface area contributed by atoms with Gasteiger partial charge in [0.1, 0.15) is 0 Å². The van der Waals surface area contributed by atoms with Gasteiger partial charge in [-0.1, -0.05) is 48.5 Å².